The Morgan fingerprint density at radius 2 is 1.11 bits per heavy atom. The van der Waals surface area contributed by atoms with Crippen molar-refractivity contribution < 1.29 is 0 Å². The number of aliphatic imine (C=N–C) groups is 1. The zero-order valence-corrected chi connectivity index (χ0v) is 25.9. The van der Waals surface area contributed by atoms with E-state index in [0.29, 0.717) is 5.92 Å². The summed E-state index contributed by atoms with van der Waals surface area (Å²) in [6, 6.07) is 50.2. The van der Waals surface area contributed by atoms with Crippen LogP contribution in [0.2, 0.25) is 0 Å². The van der Waals surface area contributed by atoms with Gasteiger partial charge in [0.05, 0.1) is 17.3 Å². The molecule has 5 atom stereocenters. The van der Waals surface area contributed by atoms with Gasteiger partial charge in [0, 0.05) is 40.0 Å². The van der Waals surface area contributed by atoms with Crippen LogP contribution in [-0.2, 0) is 16.4 Å². The average Bonchev–Trinajstić information content (AvgIpc) is 3.45. The lowest BCUT2D eigenvalue weighted by Gasteiger charge is -2.69. The van der Waals surface area contributed by atoms with Gasteiger partial charge in [0.1, 0.15) is 0 Å². The topological polar surface area (TPSA) is 15.6 Å². The number of rotatable bonds is 3. The Morgan fingerprint density at radius 3 is 1.82 bits per heavy atom. The number of hydrogen-bond acceptors (Lipinski definition) is 2. The summed E-state index contributed by atoms with van der Waals surface area (Å²) in [6.45, 7) is 9.82. The van der Waals surface area contributed by atoms with Gasteiger partial charge in [0.15, 0.2) is 0 Å². The van der Waals surface area contributed by atoms with Crippen LogP contribution in [-0.4, -0.2) is 5.71 Å². The molecule has 216 valence electrons. The molecule has 0 radical (unpaired) electrons. The van der Waals surface area contributed by atoms with Crippen molar-refractivity contribution in [1.82, 2.24) is 0 Å². The maximum Gasteiger partial charge on any atom is 0.0829 e. The minimum atomic E-state index is -0.195. The predicted octanol–water partition coefficient (Wildman–Crippen LogP) is 10.00. The third-order valence-corrected chi connectivity index (χ3v) is 11.8. The summed E-state index contributed by atoms with van der Waals surface area (Å²) in [5, 5.41) is 0. The lowest BCUT2D eigenvalue weighted by atomic mass is 9.42. The third-order valence-electron chi connectivity index (χ3n) is 11.8. The Balaban J connectivity index is 1.42. The minimum Gasteiger partial charge on any atom is -0.352 e. The van der Waals surface area contributed by atoms with Crippen molar-refractivity contribution in [2.75, 3.05) is 4.90 Å². The van der Waals surface area contributed by atoms with Crippen molar-refractivity contribution in [2.45, 2.75) is 61.9 Å². The molecule has 0 unspecified atom stereocenters. The molecule has 44 heavy (non-hydrogen) atoms. The summed E-state index contributed by atoms with van der Waals surface area (Å²) in [5.41, 5.74) is 11.9. The van der Waals surface area contributed by atoms with E-state index in [9.17, 15) is 0 Å². The zero-order chi connectivity index (χ0) is 29.8. The average molecular weight is 571 g/mol. The highest BCUT2D eigenvalue weighted by Crippen LogP contribution is 2.77. The minimum absolute atomic E-state index is 0.0984. The second-order valence-electron chi connectivity index (χ2n) is 14.3. The van der Waals surface area contributed by atoms with Gasteiger partial charge in [-0.15, -0.1) is 0 Å². The highest BCUT2D eigenvalue weighted by Gasteiger charge is 2.74. The first kappa shape index (κ1) is 26.0. The smallest absolute Gasteiger partial charge is 0.0829 e. The molecule has 9 rings (SSSR count). The van der Waals surface area contributed by atoms with Gasteiger partial charge in [-0.1, -0.05) is 149 Å². The number of piperidine rings is 1. The summed E-state index contributed by atoms with van der Waals surface area (Å²) in [5.74, 6) is 0.694. The summed E-state index contributed by atoms with van der Waals surface area (Å²) in [6.07, 6.45) is 0. The first-order valence-corrected chi connectivity index (χ1v) is 16.1. The third kappa shape index (κ3) is 2.99. The van der Waals surface area contributed by atoms with Crippen LogP contribution < -0.4 is 4.90 Å². The summed E-state index contributed by atoms with van der Waals surface area (Å²) < 4.78 is 0. The van der Waals surface area contributed by atoms with E-state index in [0.717, 1.165) is 5.69 Å². The fourth-order valence-corrected chi connectivity index (χ4v) is 10.1. The Hall–Kier alpha value is -4.43. The van der Waals surface area contributed by atoms with Crippen molar-refractivity contribution in [3.63, 3.8) is 0 Å². The molecule has 2 nitrogen and oxygen atoms in total. The SMILES string of the molecule is CC1(C)C([C@H]2[C@@H](c3ccccc3)[C@@H]3c4ccccc4[C@]34N(c3ccccc3C4(C)C)[C@@H]2c2ccccc2)=Nc2ccccc21. The van der Waals surface area contributed by atoms with Gasteiger partial charge < -0.3 is 4.90 Å². The van der Waals surface area contributed by atoms with E-state index in [-0.39, 0.29) is 34.2 Å². The summed E-state index contributed by atoms with van der Waals surface area (Å²) in [4.78, 5) is 8.50. The Bertz CT molecular complexity index is 1950. The van der Waals surface area contributed by atoms with Gasteiger partial charge in [0.2, 0.25) is 0 Å². The highest BCUT2D eigenvalue weighted by molar-refractivity contribution is 6.04. The van der Waals surface area contributed by atoms with E-state index in [1.807, 2.05) is 0 Å². The number of anilines is 1. The van der Waals surface area contributed by atoms with Crippen LogP contribution in [0, 0.1) is 5.92 Å². The number of hydrogen-bond donors (Lipinski definition) is 0. The lowest BCUT2D eigenvalue weighted by molar-refractivity contribution is 0.0818. The van der Waals surface area contributed by atoms with Gasteiger partial charge in [0.25, 0.3) is 0 Å². The van der Waals surface area contributed by atoms with Crippen molar-refractivity contribution in [2.24, 2.45) is 10.9 Å². The molecule has 1 aliphatic carbocycles. The molecular formula is C42H38N2. The van der Waals surface area contributed by atoms with E-state index in [1.165, 1.54) is 44.8 Å². The molecule has 2 heteroatoms. The summed E-state index contributed by atoms with van der Waals surface area (Å²) >= 11 is 0. The first-order chi connectivity index (χ1) is 21.4. The molecule has 1 fully saturated rings. The Labute approximate surface area is 261 Å². The molecule has 0 bridgehead atoms. The Morgan fingerprint density at radius 1 is 0.545 bits per heavy atom. The van der Waals surface area contributed by atoms with E-state index in [1.54, 1.807) is 0 Å². The van der Waals surface area contributed by atoms with Crippen LogP contribution in [0.3, 0.4) is 0 Å². The number of fused-ring (bicyclic) bond motifs is 5. The lowest BCUT2D eigenvalue weighted by Crippen LogP contribution is -2.70. The molecule has 0 aromatic heterocycles. The quantitative estimate of drug-likeness (QED) is 0.211. The van der Waals surface area contributed by atoms with Crippen LogP contribution in [0.1, 0.15) is 79.0 Å². The van der Waals surface area contributed by atoms with Crippen LogP contribution in [0.5, 0.6) is 0 Å². The van der Waals surface area contributed by atoms with Crippen LogP contribution in [0.15, 0.2) is 138 Å². The molecule has 5 aromatic carbocycles. The zero-order valence-electron chi connectivity index (χ0n) is 25.9. The fourth-order valence-electron chi connectivity index (χ4n) is 10.1. The van der Waals surface area contributed by atoms with Gasteiger partial charge in [-0.3, -0.25) is 4.99 Å². The van der Waals surface area contributed by atoms with Gasteiger partial charge in [-0.2, -0.15) is 0 Å². The highest BCUT2D eigenvalue weighted by atomic mass is 15.3. The molecule has 0 amide bonds. The van der Waals surface area contributed by atoms with Crippen molar-refractivity contribution in [1.29, 1.82) is 0 Å². The molecule has 1 saturated heterocycles. The normalized spacial score (nSPS) is 28.1. The molecule has 0 N–H and O–H groups in total. The van der Waals surface area contributed by atoms with E-state index in [4.69, 9.17) is 4.99 Å². The van der Waals surface area contributed by atoms with Crippen molar-refractivity contribution in [3.8, 4) is 0 Å². The van der Waals surface area contributed by atoms with Gasteiger partial charge in [-0.25, -0.2) is 0 Å². The number of para-hydroxylation sites is 2. The molecule has 5 aromatic rings. The van der Waals surface area contributed by atoms with E-state index in [2.05, 4.69) is 166 Å². The fraction of sp³-hybridized carbons (Fsp3) is 0.262. The standard InChI is InChI=1S/C42H38N2/c1-40(2)31-23-13-15-25-33(31)43-39(40)36-35(27-17-7-5-8-18-27)37-29-21-11-12-22-30(29)42(37)41(3,4)32-24-14-16-26-34(32)44(42)38(36)28-19-9-6-10-20-28/h5-26,35-38H,1-4H3/t35-,36+,37+,38-,42+/m1/s1. The molecular weight excluding hydrogens is 532 g/mol. The van der Waals surface area contributed by atoms with E-state index < -0.39 is 0 Å². The van der Waals surface area contributed by atoms with Gasteiger partial charge in [-0.05, 0) is 45.5 Å². The molecule has 3 aliphatic heterocycles. The number of nitrogens with zero attached hydrogens (tertiary/aromatic N) is 2. The maximum atomic E-state index is 5.61. The Kier molecular flexibility index (Phi) is 5.21. The monoisotopic (exact) mass is 570 g/mol. The van der Waals surface area contributed by atoms with Gasteiger partial charge >= 0.3 is 0 Å². The molecule has 1 spiro atoms. The van der Waals surface area contributed by atoms with Crippen LogP contribution >= 0.6 is 0 Å². The van der Waals surface area contributed by atoms with Crippen molar-refractivity contribution >= 4 is 17.1 Å². The largest absolute Gasteiger partial charge is 0.352 e. The predicted molar refractivity (Wildman–Crippen MR) is 181 cm³/mol. The summed E-state index contributed by atoms with van der Waals surface area (Å²) in [7, 11) is 0. The molecule has 3 heterocycles. The molecule has 0 saturated carbocycles. The second kappa shape index (κ2) is 8.82. The maximum absolute atomic E-state index is 5.61. The number of benzene rings is 5. The van der Waals surface area contributed by atoms with Crippen LogP contribution in [0.4, 0.5) is 11.4 Å². The first-order valence-electron chi connectivity index (χ1n) is 16.1. The second-order valence-corrected chi connectivity index (χ2v) is 14.3. The van der Waals surface area contributed by atoms with Crippen LogP contribution in [0.25, 0.3) is 0 Å². The molecule has 4 aliphatic rings. The van der Waals surface area contributed by atoms with Crippen molar-refractivity contribution in [3.05, 3.63) is 167 Å². The van der Waals surface area contributed by atoms with E-state index >= 15 is 0 Å².